The molecule has 0 atom stereocenters. The predicted molar refractivity (Wildman–Crippen MR) is 111 cm³/mol. The van der Waals surface area contributed by atoms with E-state index in [4.69, 9.17) is 0 Å². The molecule has 14 heteroatoms. The van der Waals surface area contributed by atoms with Gasteiger partial charge in [-0.15, -0.1) is 0 Å². The quantitative estimate of drug-likeness (QED) is 0.475. The average molecular weight is 506 g/mol. The van der Waals surface area contributed by atoms with Gasteiger partial charge in [0.05, 0.1) is 5.56 Å². The van der Waals surface area contributed by atoms with Gasteiger partial charge in [0.25, 0.3) is 12.3 Å². The minimum atomic E-state index is -4.58. The van der Waals surface area contributed by atoms with Crippen molar-refractivity contribution in [2.45, 2.75) is 56.9 Å². The molecule has 3 aromatic rings. The molecule has 3 aromatic heterocycles. The lowest BCUT2D eigenvalue weighted by molar-refractivity contribution is -0.140. The molecule has 0 aliphatic heterocycles. The Bertz CT molecular complexity index is 1200. The lowest BCUT2D eigenvalue weighted by atomic mass is 9.90. The standard InChI is InChI=1S/C21H21F7N6O/c1-32(16-4-2-3-15-30-14(10-33(15)16)21(26,27)28)12-7-5-11(6-8-12)29-19(35)13-9-34(20(24)25)31-17(13)18(22)23/h2-4,9-12,18,20H,5-8H2,1H3,(H,29,35)/t11-,12+. The highest BCUT2D eigenvalue weighted by atomic mass is 19.4. The van der Waals surface area contributed by atoms with E-state index in [-0.39, 0.29) is 22.4 Å². The van der Waals surface area contributed by atoms with Crippen LogP contribution in [0.1, 0.15) is 60.4 Å². The smallest absolute Gasteiger partial charge is 0.358 e. The lowest BCUT2D eigenvalue weighted by Gasteiger charge is -2.36. The first-order chi connectivity index (χ1) is 16.5. The van der Waals surface area contributed by atoms with Gasteiger partial charge >= 0.3 is 12.7 Å². The van der Waals surface area contributed by atoms with E-state index < -0.39 is 42.0 Å². The summed E-state index contributed by atoms with van der Waals surface area (Å²) in [7, 11) is 1.75. The van der Waals surface area contributed by atoms with Crippen LogP contribution < -0.4 is 10.2 Å². The van der Waals surface area contributed by atoms with Crippen LogP contribution in [-0.2, 0) is 6.18 Å². The number of aromatic nitrogens is 4. The van der Waals surface area contributed by atoms with E-state index in [0.717, 1.165) is 6.20 Å². The minimum absolute atomic E-state index is 0.0170. The maximum atomic E-state index is 13.1. The van der Waals surface area contributed by atoms with Crippen molar-refractivity contribution in [2.24, 2.45) is 0 Å². The van der Waals surface area contributed by atoms with Gasteiger partial charge in [-0.1, -0.05) is 6.07 Å². The van der Waals surface area contributed by atoms with Gasteiger partial charge < -0.3 is 10.2 Å². The van der Waals surface area contributed by atoms with Crippen molar-refractivity contribution >= 4 is 17.4 Å². The topological polar surface area (TPSA) is 67.5 Å². The molecule has 0 saturated heterocycles. The van der Waals surface area contributed by atoms with Crippen molar-refractivity contribution in [3.63, 3.8) is 0 Å². The number of pyridine rings is 1. The van der Waals surface area contributed by atoms with Crippen LogP contribution in [-0.4, -0.2) is 44.2 Å². The fourth-order valence-electron chi connectivity index (χ4n) is 4.32. The number of alkyl halides is 7. The van der Waals surface area contributed by atoms with Gasteiger partial charge in [-0.3, -0.25) is 9.20 Å². The third kappa shape index (κ3) is 5.05. The van der Waals surface area contributed by atoms with E-state index in [1.807, 2.05) is 4.90 Å². The zero-order valence-corrected chi connectivity index (χ0v) is 18.3. The Morgan fingerprint density at radius 3 is 2.40 bits per heavy atom. The van der Waals surface area contributed by atoms with Crippen LogP contribution in [0.4, 0.5) is 36.6 Å². The highest BCUT2D eigenvalue weighted by Crippen LogP contribution is 2.32. The number of halogens is 7. The van der Waals surface area contributed by atoms with E-state index in [2.05, 4.69) is 15.4 Å². The molecule has 1 aliphatic rings. The second-order valence-electron chi connectivity index (χ2n) is 8.31. The summed E-state index contributed by atoms with van der Waals surface area (Å²) in [6.45, 7) is -3.16. The summed E-state index contributed by atoms with van der Waals surface area (Å²) in [4.78, 5) is 18.0. The summed E-state index contributed by atoms with van der Waals surface area (Å²) in [6.07, 6.45) is -4.21. The molecule has 1 N–H and O–H groups in total. The number of rotatable bonds is 6. The molecule has 0 unspecified atom stereocenters. The van der Waals surface area contributed by atoms with Gasteiger partial charge in [0.1, 0.15) is 17.2 Å². The van der Waals surface area contributed by atoms with Crippen molar-refractivity contribution in [1.29, 1.82) is 0 Å². The molecule has 4 rings (SSSR count). The molecule has 0 radical (unpaired) electrons. The second-order valence-corrected chi connectivity index (χ2v) is 8.31. The highest BCUT2D eigenvalue weighted by molar-refractivity contribution is 5.95. The summed E-state index contributed by atoms with van der Waals surface area (Å²) < 4.78 is 92.6. The van der Waals surface area contributed by atoms with Crippen LogP contribution in [0.15, 0.2) is 30.6 Å². The number of fused-ring (bicyclic) bond motifs is 1. The van der Waals surface area contributed by atoms with Crippen molar-refractivity contribution in [3.8, 4) is 0 Å². The van der Waals surface area contributed by atoms with Gasteiger partial charge in [-0.25, -0.2) is 18.4 Å². The summed E-state index contributed by atoms with van der Waals surface area (Å²) in [6, 6.07) is 4.32. The molecule has 1 amide bonds. The third-order valence-corrected chi connectivity index (χ3v) is 6.11. The number of nitrogens with zero attached hydrogens (tertiary/aromatic N) is 5. The molecule has 3 heterocycles. The van der Waals surface area contributed by atoms with Crippen molar-refractivity contribution in [1.82, 2.24) is 24.5 Å². The minimum Gasteiger partial charge on any atom is -0.358 e. The van der Waals surface area contributed by atoms with Crippen LogP contribution in [0.3, 0.4) is 0 Å². The molecular formula is C21H21F7N6O. The Balaban J connectivity index is 1.42. The second kappa shape index (κ2) is 9.38. The molecule has 0 spiro atoms. The molecule has 190 valence electrons. The first-order valence-corrected chi connectivity index (χ1v) is 10.7. The zero-order chi connectivity index (χ0) is 25.5. The Hall–Kier alpha value is -3.32. The molecule has 1 fully saturated rings. The number of carbonyl (C=O) groups excluding carboxylic acids is 1. The van der Waals surface area contributed by atoms with Crippen LogP contribution in [0.2, 0.25) is 0 Å². The van der Waals surface area contributed by atoms with Crippen LogP contribution in [0, 0.1) is 0 Å². The first-order valence-electron chi connectivity index (χ1n) is 10.7. The zero-order valence-electron chi connectivity index (χ0n) is 18.3. The van der Waals surface area contributed by atoms with Crippen molar-refractivity contribution < 1.29 is 35.5 Å². The van der Waals surface area contributed by atoms with E-state index in [0.29, 0.717) is 37.7 Å². The molecule has 1 aliphatic carbocycles. The Morgan fingerprint density at radius 2 is 1.80 bits per heavy atom. The van der Waals surface area contributed by atoms with E-state index in [9.17, 15) is 35.5 Å². The monoisotopic (exact) mass is 506 g/mol. The Labute approximate surface area is 194 Å². The average Bonchev–Trinajstić information content (AvgIpc) is 3.44. The van der Waals surface area contributed by atoms with Crippen LogP contribution in [0.5, 0.6) is 0 Å². The summed E-state index contributed by atoms with van der Waals surface area (Å²) >= 11 is 0. The fourth-order valence-corrected chi connectivity index (χ4v) is 4.32. The summed E-state index contributed by atoms with van der Waals surface area (Å²) in [5, 5.41) is 5.71. The number of nitrogens with one attached hydrogen (secondary N) is 1. The molecule has 0 aromatic carbocycles. The fraction of sp³-hybridized carbons (Fsp3) is 0.476. The molecule has 35 heavy (non-hydrogen) atoms. The number of amides is 1. The molecule has 7 nitrogen and oxygen atoms in total. The Kier molecular flexibility index (Phi) is 6.64. The number of hydrogen-bond donors (Lipinski definition) is 1. The molecule has 1 saturated carbocycles. The van der Waals surface area contributed by atoms with Gasteiger partial charge in [0, 0.05) is 31.5 Å². The first kappa shape index (κ1) is 24.8. The summed E-state index contributed by atoms with van der Waals surface area (Å²) in [5.41, 5.74) is -2.46. The maximum absolute atomic E-state index is 13.1. The molecular weight excluding hydrogens is 485 g/mol. The highest BCUT2D eigenvalue weighted by Gasteiger charge is 2.35. The predicted octanol–water partition coefficient (Wildman–Crippen LogP) is 5.06. The van der Waals surface area contributed by atoms with Crippen molar-refractivity contribution in [3.05, 3.63) is 47.5 Å². The third-order valence-electron chi connectivity index (χ3n) is 6.11. The number of anilines is 1. The largest absolute Gasteiger partial charge is 0.434 e. The number of hydrogen-bond acceptors (Lipinski definition) is 4. The van der Waals surface area contributed by atoms with Gasteiger partial charge in [-0.05, 0) is 37.8 Å². The Morgan fingerprint density at radius 1 is 1.11 bits per heavy atom. The van der Waals surface area contributed by atoms with E-state index in [1.54, 1.807) is 19.2 Å². The lowest BCUT2D eigenvalue weighted by Crippen LogP contribution is -2.43. The number of imidazole rings is 1. The summed E-state index contributed by atoms with van der Waals surface area (Å²) in [5.74, 6) is -0.397. The van der Waals surface area contributed by atoms with E-state index in [1.165, 1.54) is 10.5 Å². The van der Waals surface area contributed by atoms with Gasteiger partial charge in [-0.2, -0.15) is 27.1 Å². The maximum Gasteiger partial charge on any atom is 0.434 e. The normalized spacial score (nSPS) is 19.0. The van der Waals surface area contributed by atoms with Gasteiger partial charge in [0.15, 0.2) is 5.69 Å². The SMILES string of the molecule is CN(c1cccc2nc(C(F)(F)F)cn12)[C@H]1CC[C@@H](NC(=O)c2cn(C(F)F)nc2C(F)F)CC1. The van der Waals surface area contributed by atoms with Crippen LogP contribution in [0.25, 0.3) is 5.65 Å². The van der Waals surface area contributed by atoms with Crippen LogP contribution >= 0.6 is 0 Å². The van der Waals surface area contributed by atoms with E-state index >= 15 is 0 Å². The number of carbonyl (C=O) groups is 1. The molecule has 0 bridgehead atoms. The van der Waals surface area contributed by atoms with Gasteiger partial charge in [0.2, 0.25) is 0 Å². The van der Waals surface area contributed by atoms with Crippen molar-refractivity contribution in [2.75, 3.05) is 11.9 Å².